The molecule has 172 valence electrons. The molecule has 2 N–H and O–H groups in total. The number of pyridine rings is 2. The standard InChI is InChI=1S/C24H27N4O4P/c29-22-7-5-20(26-13-22)11-25-9-10-31-15-18-1-3-19(4-2-18)16-32-17-24(33)28-12-21-6-8-23(30)14-27-21/h1-8,11-14,24,29-30H,9-10,15-17,33H2. The van der Waals surface area contributed by atoms with Crippen LogP contribution in [0.15, 0.2) is 70.9 Å². The molecule has 0 aliphatic carbocycles. The van der Waals surface area contributed by atoms with Crippen molar-refractivity contribution in [2.24, 2.45) is 9.98 Å². The largest absolute Gasteiger partial charge is 0.506 e. The number of aliphatic imine (C=N–C) groups is 2. The van der Waals surface area contributed by atoms with Crippen LogP contribution < -0.4 is 0 Å². The molecule has 1 aromatic carbocycles. The van der Waals surface area contributed by atoms with Crippen LogP contribution in [0.5, 0.6) is 11.5 Å². The summed E-state index contributed by atoms with van der Waals surface area (Å²) in [7, 11) is 2.63. The van der Waals surface area contributed by atoms with Gasteiger partial charge in [-0.25, -0.2) is 0 Å². The Labute approximate surface area is 195 Å². The summed E-state index contributed by atoms with van der Waals surface area (Å²) in [5, 5.41) is 18.4. The van der Waals surface area contributed by atoms with Crippen molar-refractivity contribution in [2.75, 3.05) is 19.8 Å². The fourth-order valence-corrected chi connectivity index (χ4v) is 2.88. The molecule has 0 saturated heterocycles. The summed E-state index contributed by atoms with van der Waals surface area (Å²) in [5.74, 6) is 0.181. The molecule has 33 heavy (non-hydrogen) atoms. The van der Waals surface area contributed by atoms with Crippen molar-refractivity contribution < 1.29 is 19.7 Å². The molecule has 0 spiro atoms. The lowest BCUT2D eigenvalue weighted by molar-refractivity contribution is 0.122. The molecule has 0 amide bonds. The first-order valence-electron chi connectivity index (χ1n) is 10.4. The molecule has 9 heteroatoms. The van der Waals surface area contributed by atoms with Crippen molar-refractivity contribution in [3.63, 3.8) is 0 Å². The van der Waals surface area contributed by atoms with Crippen molar-refractivity contribution in [1.29, 1.82) is 0 Å². The average Bonchev–Trinajstić information content (AvgIpc) is 2.83. The van der Waals surface area contributed by atoms with Gasteiger partial charge in [-0.1, -0.05) is 24.3 Å². The quantitative estimate of drug-likeness (QED) is 0.241. The molecule has 0 aliphatic rings. The maximum atomic E-state index is 9.24. The second-order valence-corrected chi connectivity index (χ2v) is 7.92. The van der Waals surface area contributed by atoms with Gasteiger partial charge < -0.3 is 19.7 Å². The zero-order valence-corrected chi connectivity index (χ0v) is 19.3. The molecule has 2 aromatic heterocycles. The molecule has 8 nitrogen and oxygen atoms in total. The van der Waals surface area contributed by atoms with Crippen molar-refractivity contribution in [2.45, 2.75) is 19.0 Å². The minimum atomic E-state index is -0.0826. The molecule has 0 saturated carbocycles. The predicted octanol–water partition coefficient (Wildman–Crippen LogP) is 3.36. The van der Waals surface area contributed by atoms with Gasteiger partial charge in [-0.2, -0.15) is 0 Å². The van der Waals surface area contributed by atoms with E-state index in [1.807, 2.05) is 24.3 Å². The highest BCUT2D eigenvalue weighted by Gasteiger charge is 2.01. The first kappa shape index (κ1) is 24.5. The predicted molar refractivity (Wildman–Crippen MR) is 131 cm³/mol. The summed E-state index contributed by atoms with van der Waals surface area (Å²) < 4.78 is 11.4. The second kappa shape index (κ2) is 13.4. The van der Waals surface area contributed by atoms with E-state index >= 15 is 0 Å². The monoisotopic (exact) mass is 466 g/mol. The molecule has 0 bridgehead atoms. The molecular formula is C24H27N4O4P. The number of rotatable bonds is 12. The van der Waals surface area contributed by atoms with Crippen LogP contribution in [0.1, 0.15) is 22.5 Å². The van der Waals surface area contributed by atoms with Gasteiger partial charge in [0.25, 0.3) is 0 Å². The number of benzene rings is 1. The average molecular weight is 466 g/mol. The molecular weight excluding hydrogens is 439 g/mol. The third-order valence-electron chi connectivity index (χ3n) is 4.38. The van der Waals surface area contributed by atoms with Crippen LogP contribution in [0, 0.1) is 0 Å². The Balaban J connectivity index is 1.29. The molecule has 2 atom stereocenters. The Morgan fingerprint density at radius 2 is 1.39 bits per heavy atom. The van der Waals surface area contributed by atoms with E-state index in [4.69, 9.17) is 9.47 Å². The van der Waals surface area contributed by atoms with Crippen LogP contribution >= 0.6 is 9.24 Å². The highest BCUT2D eigenvalue weighted by Crippen LogP contribution is 2.10. The summed E-state index contributed by atoms with van der Waals surface area (Å²) in [6.45, 7) is 2.52. The summed E-state index contributed by atoms with van der Waals surface area (Å²) >= 11 is 0. The minimum Gasteiger partial charge on any atom is -0.506 e. The molecule has 0 aliphatic heterocycles. The Bertz CT molecular complexity index is 1030. The topological polar surface area (TPSA) is 109 Å². The fourth-order valence-electron chi connectivity index (χ4n) is 2.66. The normalized spacial score (nSPS) is 12.5. The third kappa shape index (κ3) is 9.45. The van der Waals surface area contributed by atoms with Crippen molar-refractivity contribution in [1.82, 2.24) is 9.97 Å². The smallest absolute Gasteiger partial charge is 0.133 e. The zero-order valence-electron chi connectivity index (χ0n) is 18.1. The first-order chi connectivity index (χ1) is 16.1. The number of nitrogens with zero attached hydrogens (tertiary/aromatic N) is 4. The van der Waals surface area contributed by atoms with E-state index in [1.54, 1.807) is 36.7 Å². The van der Waals surface area contributed by atoms with Gasteiger partial charge in [0.05, 0.1) is 62.5 Å². The molecule has 0 radical (unpaired) electrons. The van der Waals surface area contributed by atoms with Gasteiger partial charge in [-0.15, -0.1) is 9.24 Å². The van der Waals surface area contributed by atoms with Crippen molar-refractivity contribution >= 4 is 21.7 Å². The summed E-state index contributed by atoms with van der Waals surface area (Å²) in [4.78, 5) is 16.7. The maximum absolute atomic E-state index is 9.24. The van der Waals surface area contributed by atoms with Gasteiger partial charge in [0.1, 0.15) is 11.5 Å². The van der Waals surface area contributed by atoms with Crippen LogP contribution in [0.25, 0.3) is 0 Å². The number of ether oxygens (including phenoxy) is 2. The number of aromatic hydroxyl groups is 2. The summed E-state index contributed by atoms with van der Waals surface area (Å²) in [5.41, 5.74) is 3.53. The summed E-state index contributed by atoms with van der Waals surface area (Å²) in [6, 6.07) is 14.6. The SMILES string of the molecule is Oc1ccc(C=NCCOCc2ccc(COCC(P)N=Cc3ccc(O)cn3)cc2)nc1. The van der Waals surface area contributed by atoms with Crippen LogP contribution in [0.2, 0.25) is 0 Å². The van der Waals surface area contributed by atoms with E-state index < -0.39 is 0 Å². The number of hydrogen-bond acceptors (Lipinski definition) is 8. The van der Waals surface area contributed by atoms with Crippen molar-refractivity contribution in [3.05, 3.63) is 83.4 Å². The van der Waals surface area contributed by atoms with E-state index in [2.05, 4.69) is 29.2 Å². The van der Waals surface area contributed by atoms with Crippen molar-refractivity contribution in [3.8, 4) is 11.5 Å². The van der Waals surface area contributed by atoms with E-state index in [-0.39, 0.29) is 17.3 Å². The fraction of sp³-hybridized carbons (Fsp3) is 0.250. The Kier molecular flexibility index (Phi) is 9.91. The van der Waals surface area contributed by atoms with Gasteiger partial charge in [-0.05, 0) is 35.4 Å². The Morgan fingerprint density at radius 3 is 1.97 bits per heavy atom. The zero-order chi connectivity index (χ0) is 23.3. The Hall–Kier alpha value is -3.19. The molecule has 2 unspecified atom stereocenters. The van der Waals surface area contributed by atoms with Crippen LogP contribution in [-0.4, -0.2) is 58.2 Å². The van der Waals surface area contributed by atoms with Crippen LogP contribution in [0.4, 0.5) is 0 Å². The van der Waals surface area contributed by atoms with Gasteiger partial charge in [0, 0.05) is 12.4 Å². The van der Waals surface area contributed by atoms with Gasteiger partial charge >= 0.3 is 0 Å². The Morgan fingerprint density at radius 1 is 0.818 bits per heavy atom. The molecule has 3 aromatic rings. The maximum Gasteiger partial charge on any atom is 0.133 e. The molecule has 3 rings (SSSR count). The van der Waals surface area contributed by atoms with Crippen LogP contribution in [-0.2, 0) is 22.7 Å². The summed E-state index contributed by atoms with van der Waals surface area (Å²) in [6.07, 6.45) is 6.09. The first-order valence-corrected chi connectivity index (χ1v) is 11.1. The minimum absolute atomic E-state index is 0.0826. The van der Waals surface area contributed by atoms with E-state index in [0.717, 1.165) is 11.1 Å². The lowest BCUT2D eigenvalue weighted by Gasteiger charge is -2.09. The lowest BCUT2D eigenvalue weighted by atomic mass is 10.1. The lowest BCUT2D eigenvalue weighted by Crippen LogP contribution is -2.07. The second-order valence-electron chi connectivity index (χ2n) is 7.15. The number of aromatic nitrogens is 2. The van der Waals surface area contributed by atoms with Gasteiger partial charge in [0.15, 0.2) is 0 Å². The third-order valence-corrected chi connectivity index (χ3v) is 4.74. The van der Waals surface area contributed by atoms with E-state index in [9.17, 15) is 10.2 Å². The highest BCUT2D eigenvalue weighted by molar-refractivity contribution is 7.17. The van der Waals surface area contributed by atoms with Gasteiger partial charge in [-0.3, -0.25) is 20.0 Å². The van der Waals surface area contributed by atoms with E-state index in [0.29, 0.717) is 44.4 Å². The van der Waals surface area contributed by atoms with Crippen LogP contribution in [0.3, 0.4) is 0 Å². The number of hydrogen-bond donors (Lipinski definition) is 2. The molecule has 2 heterocycles. The van der Waals surface area contributed by atoms with Gasteiger partial charge in [0.2, 0.25) is 0 Å². The van der Waals surface area contributed by atoms with E-state index in [1.165, 1.54) is 12.4 Å². The highest BCUT2D eigenvalue weighted by atomic mass is 31.0. The molecule has 0 fully saturated rings.